The van der Waals surface area contributed by atoms with Crippen LogP contribution in [0.4, 0.5) is 17.1 Å². The summed E-state index contributed by atoms with van der Waals surface area (Å²) in [4.78, 5) is 58.1. The minimum absolute atomic E-state index is 0.218. The van der Waals surface area contributed by atoms with Gasteiger partial charge in [0.2, 0.25) is 23.6 Å². The van der Waals surface area contributed by atoms with Gasteiger partial charge < -0.3 is 15.6 Å². The van der Waals surface area contributed by atoms with E-state index in [2.05, 4.69) is 20.9 Å². The molecule has 1 spiro atoms. The van der Waals surface area contributed by atoms with Gasteiger partial charge in [-0.05, 0) is 55.3 Å². The van der Waals surface area contributed by atoms with Crippen molar-refractivity contribution in [3.63, 3.8) is 0 Å². The number of aromatic amines is 1. The van der Waals surface area contributed by atoms with E-state index in [9.17, 15) is 19.2 Å². The number of carbonyl (C=O) groups is 4. The lowest BCUT2D eigenvalue weighted by Gasteiger charge is -2.29. The molecule has 4 amide bonds. The topological polar surface area (TPSA) is 123 Å². The van der Waals surface area contributed by atoms with Crippen molar-refractivity contribution in [2.24, 2.45) is 11.8 Å². The number of hydrogen-bond acceptors (Lipinski definition) is 5. The fourth-order valence-corrected chi connectivity index (χ4v) is 6.78. The zero-order chi connectivity index (χ0) is 27.8. The lowest BCUT2D eigenvalue weighted by molar-refractivity contribution is -0.130. The molecule has 9 heteroatoms. The Bertz CT molecular complexity index is 1740. The van der Waals surface area contributed by atoms with Crippen LogP contribution in [0.15, 0.2) is 72.9 Å². The van der Waals surface area contributed by atoms with Gasteiger partial charge in [-0.1, -0.05) is 35.9 Å². The Morgan fingerprint density at radius 2 is 1.77 bits per heavy atom. The second kappa shape index (κ2) is 8.62. The van der Waals surface area contributed by atoms with Crippen molar-refractivity contribution in [3.05, 3.63) is 89.6 Å². The number of imide groups is 1. The Hall–Kier alpha value is -4.76. The van der Waals surface area contributed by atoms with Gasteiger partial charge in [-0.3, -0.25) is 24.5 Å². The smallest absolute Gasteiger partial charge is 0.250 e. The normalized spacial score (nSPS) is 25.0. The minimum Gasteiger partial charge on any atom is -0.361 e. The average molecular weight is 534 g/mol. The lowest BCUT2D eigenvalue weighted by Crippen LogP contribution is -2.53. The van der Waals surface area contributed by atoms with Crippen LogP contribution in [0, 0.1) is 18.8 Å². The van der Waals surface area contributed by atoms with E-state index >= 15 is 0 Å². The molecule has 2 unspecified atom stereocenters. The summed E-state index contributed by atoms with van der Waals surface area (Å²) < 4.78 is 0. The number of aryl methyl sites for hydroxylation is 1. The first-order chi connectivity index (χ1) is 19.3. The van der Waals surface area contributed by atoms with Gasteiger partial charge in [-0.2, -0.15) is 0 Å². The quantitative estimate of drug-likeness (QED) is 0.299. The van der Waals surface area contributed by atoms with Gasteiger partial charge in [-0.15, -0.1) is 0 Å². The molecular formula is C31H27N5O4. The SMILES string of the molecule is CC(=O)Nc1ccc(N2C(=O)[C@@H]3C(Cc4c[nH]c5ccccc45)NC4(C(=O)Nc5ccc(C)cc54)[C@@H]3C2=O)cc1. The highest BCUT2D eigenvalue weighted by atomic mass is 16.2. The average Bonchev–Trinajstić information content (AvgIpc) is 3.64. The molecule has 3 aliphatic heterocycles. The van der Waals surface area contributed by atoms with Crippen LogP contribution in [-0.4, -0.2) is 34.7 Å². The van der Waals surface area contributed by atoms with Crippen LogP contribution >= 0.6 is 0 Å². The molecule has 40 heavy (non-hydrogen) atoms. The molecule has 0 saturated carbocycles. The first kappa shape index (κ1) is 24.3. The lowest BCUT2D eigenvalue weighted by atomic mass is 9.76. The van der Waals surface area contributed by atoms with Gasteiger partial charge in [0.1, 0.15) is 5.54 Å². The van der Waals surface area contributed by atoms with E-state index < -0.39 is 29.3 Å². The first-order valence-electron chi connectivity index (χ1n) is 13.3. The summed E-state index contributed by atoms with van der Waals surface area (Å²) in [6.07, 6.45) is 2.38. The van der Waals surface area contributed by atoms with Crippen molar-refractivity contribution in [2.75, 3.05) is 15.5 Å². The number of benzene rings is 3. The van der Waals surface area contributed by atoms with Gasteiger partial charge in [0.15, 0.2) is 0 Å². The Balaban J connectivity index is 1.34. The summed E-state index contributed by atoms with van der Waals surface area (Å²) in [5.74, 6) is -2.98. The van der Waals surface area contributed by atoms with Gasteiger partial charge >= 0.3 is 0 Å². The summed E-state index contributed by atoms with van der Waals surface area (Å²) in [5.41, 5.74) is 3.87. The van der Waals surface area contributed by atoms with E-state index in [1.807, 2.05) is 55.6 Å². The van der Waals surface area contributed by atoms with E-state index in [1.165, 1.54) is 11.8 Å². The number of amides is 4. The summed E-state index contributed by atoms with van der Waals surface area (Å²) in [7, 11) is 0. The number of fused-ring (bicyclic) bond motifs is 5. The number of nitrogens with one attached hydrogen (secondary N) is 4. The standard InChI is InChI=1S/C31H27N5O4/c1-16-7-12-24-22(13-16)31(30(40)34-24)27-26(25(35-31)14-18-15-32-23-6-4-3-5-21(18)23)28(38)36(29(27)39)20-10-8-19(9-11-20)33-17(2)37/h3-13,15,25-27,32,35H,14H2,1-2H3,(H,33,37)(H,34,40)/t25?,26-,27+,31?/m1/s1. The fourth-order valence-electron chi connectivity index (χ4n) is 6.78. The second-order valence-electron chi connectivity index (χ2n) is 10.9. The van der Waals surface area contributed by atoms with Crippen LogP contribution in [0.5, 0.6) is 0 Å². The maximum Gasteiger partial charge on any atom is 0.250 e. The van der Waals surface area contributed by atoms with Crippen LogP contribution in [-0.2, 0) is 31.1 Å². The Labute approximate surface area is 229 Å². The maximum atomic E-state index is 14.2. The molecule has 2 saturated heterocycles. The molecule has 3 aromatic carbocycles. The zero-order valence-electron chi connectivity index (χ0n) is 21.9. The monoisotopic (exact) mass is 533 g/mol. The molecule has 0 radical (unpaired) electrons. The number of H-pyrrole nitrogens is 1. The molecule has 4 aromatic rings. The molecule has 7 rings (SSSR count). The molecule has 4 N–H and O–H groups in total. The number of nitrogens with zero attached hydrogens (tertiary/aromatic N) is 1. The van der Waals surface area contributed by atoms with Crippen molar-refractivity contribution in [1.82, 2.24) is 10.3 Å². The molecule has 9 nitrogen and oxygen atoms in total. The van der Waals surface area contributed by atoms with Crippen molar-refractivity contribution >= 4 is 51.6 Å². The van der Waals surface area contributed by atoms with E-state index in [4.69, 9.17) is 0 Å². The highest BCUT2D eigenvalue weighted by Gasteiger charge is 2.70. The largest absolute Gasteiger partial charge is 0.361 e. The number of anilines is 3. The Morgan fingerprint density at radius 3 is 2.55 bits per heavy atom. The first-order valence-corrected chi connectivity index (χ1v) is 13.3. The molecule has 4 atom stereocenters. The highest BCUT2D eigenvalue weighted by Crippen LogP contribution is 2.54. The van der Waals surface area contributed by atoms with Gasteiger partial charge in [0.05, 0.1) is 17.5 Å². The van der Waals surface area contributed by atoms with Crippen molar-refractivity contribution in [2.45, 2.75) is 31.8 Å². The van der Waals surface area contributed by atoms with Crippen LogP contribution in [0.1, 0.15) is 23.6 Å². The van der Waals surface area contributed by atoms with Crippen LogP contribution in [0.25, 0.3) is 10.9 Å². The Morgan fingerprint density at radius 1 is 1.00 bits per heavy atom. The maximum absolute atomic E-state index is 14.2. The van der Waals surface area contributed by atoms with Gasteiger partial charge in [-0.25, -0.2) is 4.90 Å². The number of para-hydroxylation sites is 1. The molecule has 2 fully saturated rings. The van der Waals surface area contributed by atoms with Crippen molar-refractivity contribution < 1.29 is 19.2 Å². The molecular weight excluding hydrogens is 506 g/mol. The third kappa shape index (κ3) is 3.37. The second-order valence-corrected chi connectivity index (χ2v) is 10.9. The predicted octanol–water partition coefficient (Wildman–Crippen LogP) is 3.60. The third-order valence-corrected chi connectivity index (χ3v) is 8.43. The zero-order valence-corrected chi connectivity index (χ0v) is 21.9. The van der Waals surface area contributed by atoms with Gasteiger partial charge in [0, 0.05) is 47.0 Å². The van der Waals surface area contributed by atoms with Crippen molar-refractivity contribution in [3.8, 4) is 0 Å². The van der Waals surface area contributed by atoms with E-state index in [0.29, 0.717) is 29.0 Å². The van der Waals surface area contributed by atoms with E-state index in [1.54, 1.807) is 24.3 Å². The van der Waals surface area contributed by atoms with Crippen molar-refractivity contribution in [1.29, 1.82) is 0 Å². The molecule has 1 aromatic heterocycles. The summed E-state index contributed by atoms with van der Waals surface area (Å²) in [5, 5.41) is 10.2. The van der Waals surface area contributed by atoms with Crippen LogP contribution in [0.2, 0.25) is 0 Å². The minimum atomic E-state index is -1.37. The third-order valence-electron chi connectivity index (χ3n) is 8.43. The summed E-state index contributed by atoms with van der Waals surface area (Å²) in [6.45, 7) is 3.35. The number of aromatic nitrogens is 1. The number of carbonyl (C=O) groups excluding carboxylic acids is 4. The fraction of sp³-hybridized carbons (Fsp3) is 0.226. The summed E-state index contributed by atoms with van der Waals surface area (Å²) >= 11 is 0. The molecule has 200 valence electrons. The highest BCUT2D eigenvalue weighted by molar-refractivity contribution is 6.26. The molecule has 0 bridgehead atoms. The predicted molar refractivity (Wildman–Crippen MR) is 151 cm³/mol. The van der Waals surface area contributed by atoms with Crippen LogP contribution < -0.4 is 20.9 Å². The van der Waals surface area contributed by atoms with E-state index in [0.717, 1.165) is 22.0 Å². The molecule has 3 aliphatic rings. The van der Waals surface area contributed by atoms with Gasteiger partial charge in [0.25, 0.3) is 0 Å². The molecule has 0 aliphatic carbocycles. The number of hydrogen-bond donors (Lipinski definition) is 4. The molecule has 4 heterocycles. The number of rotatable bonds is 4. The van der Waals surface area contributed by atoms with Crippen LogP contribution in [0.3, 0.4) is 0 Å². The van der Waals surface area contributed by atoms with E-state index in [-0.39, 0.29) is 17.7 Å². The summed E-state index contributed by atoms with van der Waals surface area (Å²) in [6, 6.07) is 19.7. The Kier molecular flexibility index (Phi) is 5.24.